The highest BCUT2D eigenvalue weighted by atomic mass is 15.2. The summed E-state index contributed by atoms with van der Waals surface area (Å²) in [6, 6.07) is 3.85. The number of pyridine rings is 1. The molecule has 0 spiro atoms. The number of hydrogen-bond acceptors (Lipinski definition) is 3. The van der Waals surface area contributed by atoms with Crippen molar-refractivity contribution in [3.8, 4) is 0 Å². The Hall–Kier alpha value is -1.58. The largest absolute Gasteiger partial charge is 0.384 e. The van der Waals surface area contributed by atoms with E-state index in [1.165, 1.54) is 25.7 Å². The summed E-state index contributed by atoms with van der Waals surface area (Å²) in [5.41, 5.74) is 6.12. The Morgan fingerprint density at radius 2 is 2.17 bits per heavy atom. The van der Waals surface area contributed by atoms with Gasteiger partial charge >= 0.3 is 0 Å². The Bertz CT molecular complexity index is 391. The fourth-order valence-corrected chi connectivity index (χ4v) is 2.59. The van der Waals surface area contributed by atoms with Gasteiger partial charge in [-0.05, 0) is 30.9 Å². The first-order chi connectivity index (χ1) is 8.70. The maximum Gasteiger partial charge on any atom is 0.128 e. The summed E-state index contributed by atoms with van der Waals surface area (Å²) in [6.07, 6.45) is 6.87. The number of piperidine rings is 1. The van der Waals surface area contributed by atoms with Crippen molar-refractivity contribution in [3.63, 3.8) is 0 Å². The smallest absolute Gasteiger partial charge is 0.128 e. The zero-order valence-corrected chi connectivity index (χ0v) is 11.0. The molecule has 0 radical (unpaired) electrons. The predicted octanol–water partition coefficient (Wildman–Crippen LogP) is 2.38. The summed E-state index contributed by atoms with van der Waals surface area (Å²) in [5.74, 6) is 1.98. The first-order valence-electron chi connectivity index (χ1n) is 6.76. The van der Waals surface area contributed by atoms with Gasteiger partial charge < -0.3 is 10.6 Å². The van der Waals surface area contributed by atoms with Gasteiger partial charge in [-0.3, -0.25) is 5.41 Å². The Labute approximate surface area is 109 Å². The third-order valence-corrected chi connectivity index (χ3v) is 3.69. The normalized spacial score (nSPS) is 16.8. The van der Waals surface area contributed by atoms with Gasteiger partial charge in [-0.2, -0.15) is 0 Å². The maximum absolute atomic E-state index is 7.35. The van der Waals surface area contributed by atoms with Gasteiger partial charge in [-0.15, -0.1) is 0 Å². The Kier molecular flexibility index (Phi) is 4.18. The minimum Gasteiger partial charge on any atom is -0.384 e. The van der Waals surface area contributed by atoms with Gasteiger partial charge in [0.05, 0.1) is 0 Å². The number of nitrogens with two attached hydrogens (primary N) is 1. The molecule has 1 aromatic heterocycles. The Morgan fingerprint density at radius 3 is 2.67 bits per heavy atom. The second-order valence-electron chi connectivity index (χ2n) is 5.04. The van der Waals surface area contributed by atoms with Crippen molar-refractivity contribution in [2.45, 2.75) is 32.6 Å². The molecule has 2 heterocycles. The molecule has 98 valence electrons. The SMILES string of the molecule is CCCC1CCN(c2ccc(C(=N)N)cn2)CC1. The van der Waals surface area contributed by atoms with E-state index in [0.29, 0.717) is 5.56 Å². The van der Waals surface area contributed by atoms with Crippen molar-refractivity contribution in [2.75, 3.05) is 18.0 Å². The molecule has 2 rings (SSSR count). The van der Waals surface area contributed by atoms with Crippen molar-refractivity contribution < 1.29 is 0 Å². The average Bonchev–Trinajstić information content (AvgIpc) is 2.40. The number of nitrogens with zero attached hydrogens (tertiary/aromatic N) is 2. The van der Waals surface area contributed by atoms with Crippen LogP contribution in [0.2, 0.25) is 0 Å². The second kappa shape index (κ2) is 5.85. The van der Waals surface area contributed by atoms with Gasteiger partial charge in [-0.25, -0.2) is 4.98 Å². The molecule has 3 N–H and O–H groups in total. The lowest BCUT2D eigenvalue weighted by Gasteiger charge is -2.32. The fraction of sp³-hybridized carbons (Fsp3) is 0.571. The second-order valence-corrected chi connectivity index (χ2v) is 5.04. The molecular formula is C14H22N4. The third kappa shape index (κ3) is 3.00. The number of nitrogen functional groups attached to an aromatic ring is 1. The molecule has 1 fully saturated rings. The highest BCUT2D eigenvalue weighted by Crippen LogP contribution is 2.24. The molecule has 4 heteroatoms. The van der Waals surface area contributed by atoms with Crippen LogP contribution in [0.25, 0.3) is 0 Å². The number of anilines is 1. The lowest BCUT2D eigenvalue weighted by atomic mass is 9.92. The zero-order chi connectivity index (χ0) is 13.0. The number of rotatable bonds is 4. The van der Waals surface area contributed by atoms with Crippen LogP contribution in [0.1, 0.15) is 38.2 Å². The molecule has 0 atom stereocenters. The van der Waals surface area contributed by atoms with E-state index in [4.69, 9.17) is 11.1 Å². The van der Waals surface area contributed by atoms with E-state index in [0.717, 1.165) is 24.8 Å². The highest BCUT2D eigenvalue weighted by molar-refractivity contribution is 5.94. The van der Waals surface area contributed by atoms with Crippen LogP contribution in [-0.4, -0.2) is 23.9 Å². The summed E-state index contributed by atoms with van der Waals surface area (Å²) < 4.78 is 0. The molecule has 4 nitrogen and oxygen atoms in total. The highest BCUT2D eigenvalue weighted by Gasteiger charge is 2.19. The molecule has 1 saturated heterocycles. The van der Waals surface area contributed by atoms with E-state index in [1.54, 1.807) is 6.20 Å². The van der Waals surface area contributed by atoms with Gasteiger partial charge in [-0.1, -0.05) is 19.8 Å². The molecule has 18 heavy (non-hydrogen) atoms. The number of amidine groups is 1. The van der Waals surface area contributed by atoms with Crippen LogP contribution in [0.4, 0.5) is 5.82 Å². The van der Waals surface area contributed by atoms with E-state index in [2.05, 4.69) is 16.8 Å². The molecule has 0 amide bonds. The van der Waals surface area contributed by atoms with Crippen LogP contribution in [0, 0.1) is 11.3 Å². The average molecular weight is 246 g/mol. The zero-order valence-electron chi connectivity index (χ0n) is 11.0. The van der Waals surface area contributed by atoms with Gasteiger partial charge in [0.25, 0.3) is 0 Å². The monoisotopic (exact) mass is 246 g/mol. The van der Waals surface area contributed by atoms with Crippen molar-refractivity contribution >= 4 is 11.7 Å². The molecule has 0 bridgehead atoms. The van der Waals surface area contributed by atoms with Crippen molar-refractivity contribution in [1.29, 1.82) is 5.41 Å². The Morgan fingerprint density at radius 1 is 1.44 bits per heavy atom. The lowest BCUT2D eigenvalue weighted by molar-refractivity contribution is 0.377. The fourth-order valence-electron chi connectivity index (χ4n) is 2.59. The van der Waals surface area contributed by atoms with E-state index < -0.39 is 0 Å². The Balaban J connectivity index is 1.95. The molecular weight excluding hydrogens is 224 g/mol. The van der Waals surface area contributed by atoms with Gasteiger partial charge in [0.1, 0.15) is 11.7 Å². The van der Waals surface area contributed by atoms with Gasteiger partial charge in [0, 0.05) is 24.8 Å². The van der Waals surface area contributed by atoms with E-state index in [-0.39, 0.29) is 5.84 Å². The summed E-state index contributed by atoms with van der Waals surface area (Å²) in [6.45, 7) is 4.45. The maximum atomic E-state index is 7.35. The first kappa shape index (κ1) is 12.9. The van der Waals surface area contributed by atoms with Crippen LogP contribution < -0.4 is 10.6 Å². The van der Waals surface area contributed by atoms with Crippen LogP contribution in [-0.2, 0) is 0 Å². The predicted molar refractivity (Wildman–Crippen MR) is 75.1 cm³/mol. The minimum absolute atomic E-state index is 0.0794. The summed E-state index contributed by atoms with van der Waals surface area (Å²) in [5, 5.41) is 7.35. The van der Waals surface area contributed by atoms with Crippen molar-refractivity contribution in [1.82, 2.24) is 4.98 Å². The first-order valence-corrected chi connectivity index (χ1v) is 6.76. The summed E-state index contributed by atoms with van der Waals surface area (Å²) in [7, 11) is 0. The summed E-state index contributed by atoms with van der Waals surface area (Å²) in [4.78, 5) is 6.73. The van der Waals surface area contributed by atoms with Crippen LogP contribution in [0.3, 0.4) is 0 Å². The number of nitrogens with one attached hydrogen (secondary N) is 1. The summed E-state index contributed by atoms with van der Waals surface area (Å²) >= 11 is 0. The van der Waals surface area contributed by atoms with Crippen LogP contribution >= 0.6 is 0 Å². The van der Waals surface area contributed by atoms with Crippen LogP contribution in [0.5, 0.6) is 0 Å². The quantitative estimate of drug-likeness (QED) is 0.633. The third-order valence-electron chi connectivity index (χ3n) is 3.69. The molecule has 1 aromatic rings. The topological polar surface area (TPSA) is 66.0 Å². The van der Waals surface area contributed by atoms with E-state index in [9.17, 15) is 0 Å². The molecule has 1 aliphatic rings. The van der Waals surface area contributed by atoms with Crippen molar-refractivity contribution in [3.05, 3.63) is 23.9 Å². The minimum atomic E-state index is 0.0794. The van der Waals surface area contributed by atoms with E-state index in [1.807, 2.05) is 12.1 Å². The molecule has 0 aromatic carbocycles. The molecule has 0 saturated carbocycles. The van der Waals surface area contributed by atoms with Gasteiger partial charge in [0.2, 0.25) is 0 Å². The standard InChI is InChI=1S/C14H22N4/c1-2-3-11-6-8-18(9-7-11)13-5-4-12(10-17-13)14(15)16/h4-5,10-11H,2-3,6-9H2,1H3,(H3,15,16). The van der Waals surface area contributed by atoms with Crippen molar-refractivity contribution in [2.24, 2.45) is 11.7 Å². The lowest BCUT2D eigenvalue weighted by Crippen LogP contribution is -2.34. The number of hydrogen-bond donors (Lipinski definition) is 2. The van der Waals surface area contributed by atoms with E-state index >= 15 is 0 Å². The molecule has 0 aliphatic carbocycles. The van der Waals surface area contributed by atoms with Gasteiger partial charge in [0.15, 0.2) is 0 Å². The molecule has 1 aliphatic heterocycles. The van der Waals surface area contributed by atoms with Crippen LogP contribution in [0.15, 0.2) is 18.3 Å². The number of aromatic nitrogens is 1. The molecule has 0 unspecified atom stereocenters.